The molecule has 0 unspecified atom stereocenters. The fraction of sp³-hybridized carbons (Fsp3) is 0.200. The van der Waals surface area contributed by atoms with Crippen molar-refractivity contribution < 1.29 is 19.2 Å². The van der Waals surface area contributed by atoms with E-state index in [0.29, 0.717) is 13.0 Å². The summed E-state index contributed by atoms with van der Waals surface area (Å²) in [6, 6.07) is 13.2. The molecule has 0 aliphatic heterocycles. The summed E-state index contributed by atoms with van der Waals surface area (Å²) in [5.41, 5.74) is 0.895. The van der Waals surface area contributed by atoms with Crippen LogP contribution in [0.4, 0.5) is 11.4 Å². The molecule has 2 aromatic rings. The molecule has 9 heteroatoms. The number of carbonyl (C=O) groups is 1. The molecule has 150 valence electrons. The topological polar surface area (TPSA) is 127 Å². The third-order valence-electron chi connectivity index (χ3n) is 3.99. The fourth-order valence-corrected chi connectivity index (χ4v) is 2.53. The maximum absolute atomic E-state index is 12.3. The summed E-state index contributed by atoms with van der Waals surface area (Å²) in [5, 5.41) is 25.5. The molecule has 2 N–H and O–H groups in total. The molecule has 0 heterocycles. The molecule has 2 rings (SSSR count). The predicted molar refractivity (Wildman–Crippen MR) is 107 cm³/mol. The van der Waals surface area contributed by atoms with Gasteiger partial charge in [0.05, 0.1) is 30.9 Å². The zero-order chi connectivity index (χ0) is 21.2. The average Bonchev–Trinajstić information content (AvgIpc) is 2.74. The summed E-state index contributed by atoms with van der Waals surface area (Å²) in [6.45, 7) is 0.486. The standard InChI is InChI=1S/C20H20N4O5/c1-28-18-6-4-3-5-14(18)9-10-22-13-15(12-21)20(25)23-17-8-7-16(24(26)27)11-19(17)29-2/h3-8,11,13,22H,9-10H2,1-2H3,(H,23,25)/b15-13-. The lowest BCUT2D eigenvalue weighted by molar-refractivity contribution is -0.384. The summed E-state index contributed by atoms with van der Waals surface area (Å²) in [5.74, 6) is 0.222. The molecular formula is C20H20N4O5. The number of amides is 1. The number of hydrogen-bond acceptors (Lipinski definition) is 7. The first-order chi connectivity index (χ1) is 14.0. The summed E-state index contributed by atoms with van der Waals surface area (Å²) in [7, 11) is 2.92. The molecule has 29 heavy (non-hydrogen) atoms. The Balaban J connectivity index is 2.01. The van der Waals surface area contributed by atoms with Crippen LogP contribution in [0.5, 0.6) is 11.5 Å². The highest BCUT2D eigenvalue weighted by molar-refractivity contribution is 6.07. The number of carbonyl (C=O) groups excluding carboxylic acids is 1. The Bertz CT molecular complexity index is 966. The lowest BCUT2D eigenvalue weighted by Gasteiger charge is -2.10. The maximum Gasteiger partial charge on any atom is 0.273 e. The minimum Gasteiger partial charge on any atom is -0.496 e. The lowest BCUT2D eigenvalue weighted by Crippen LogP contribution is -2.18. The summed E-state index contributed by atoms with van der Waals surface area (Å²) < 4.78 is 10.4. The first-order valence-electron chi connectivity index (χ1n) is 8.59. The molecule has 9 nitrogen and oxygen atoms in total. The van der Waals surface area contributed by atoms with Crippen LogP contribution >= 0.6 is 0 Å². The van der Waals surface area contributed by atoms with E-state index in [0.717, 1.165) is 11.3 Å². The third kappa shape index (κ3) is 5.71. The van der Waals surface area contributed by atoms with Gasteiger partial charge in [-0.1, -0.05) is 18.2 Å². The molecular weight excluding hydrogens is 376 g/mol. The Hall–Kier alpha value is -4.06. The second kappa shape index (κ2) is 10.3. The van der Waals surface area contributed by atoms with Crippen molar-refractivity contribution >= 4 is 17.3 Å². The fourth-order valence-electron chi connectivity index (χ4n) is 2.53. The van der Waals surface area contributed by atoms with Crippen molar-refractivity contribution in [3.05, 3.63) is 69.9 Å². The normalized spacial score (nSPS) is 10.6. The smallest absolute Gasteiger partial charge is 0.273 e. The van der Waals surface area contributed by atoms with Crippen molar-refractivity contribution in [1.29, 1.82) is 5.26 Å². The van der Waals surface area contributed by atoms with E-state index in [2.05, 4.69) is 10.6 Å². The zero-order valence-electron chi connectivity index (χ0n) is 16.0. The van der Waals surface area contributed by atoms with Gasteiger partial charge in [-0.2, -0.15) is 5.26 Å². The van der Waals surface area contributed by atoms with Crippen LogP contribution in [0.3, 0.4) is 0 Å². The van der Waals surface area contributed by atoms with Gasteiger partial charge >= 0.3 is 0 Å². The van der Waals surface area contributed by atoms with Crippen LogP contribution < -0.4 is 20.1 Å². The lowest BCUT2D eigenvalue weighted by atomic mass is 10.1. The van der Waals surface area contributed by atoms with Crippen molar-refractivity contribution in [2.75, 3.05) is 26.1 Å². The summed E-state index contributed by atoms with van der Waals surface area (Å²) in [4.78, 5) is 22.6. The van der Waals surface area contributed by atoms with Gasteiger partial charge in [0.1, 0.15) is 23.1 Å². The molecule has 0 aliphatic rings. The van der Waals surface area contributed by atoms with Crippen molar-refractivity contribution in [2.24, 2.45) is 0 Å². The number of rotatable bonds is 9. The van der Waals surface area contributed by atoms with Crippen LogP contribution in [0.2, 0.25) is 0 Å². The van der Waals surface area contributed by atoms with Gasteiger partial charge in [-0.3, -0.25) is 14.9 Å². The SMILES string of the molecule is COc1ccccc1CCN/C=C(/C#N)C(=O)Nc1ccc([N+](=O)[O-])cc1OC. The number of nitrogens with one attached hydrogen (secondary N) is 2. The van der Waals surface area contributed by atoms with Crippen LogP contribution in [-0.4, -0.2) is 31.6 Å². The Morgan fingerprint density at radius 1 is 1.21 bits per heavy atom. The third-order valence-corrected chi connectivity index (χ3v) is 3.99. The van der Waals surface area contributed by atoms with Gasteiger partial charge in [-0.05, 0) is 24.1 Å². The molecule has 0 fully saturated rings. The van der Waals surface area contributed by atoms with E-state index in [1.165, 1.54) is 31.5 Å². The highest BCUT2D eigenvalue weighted by Gasteiger charge is 2.15. The number of methoxy groups -OCH3 is 2. The molecule has 0 saturated carbocycles. The number of nitro benzene ring substituents is 1. The average molecular weight is 396 g/mol. The second-order valence-corrected chi connectivity index (χ2v) is 5.78. The number of hydrogen-bond donors (Lipinski definition) is 2. The minimum absolute atomic E-state index is 0.119. The highest BCUT2D eigenvalue weighted by Crippen LogP contribution is 2.29. The van der Waals surface area contributed by atoms with Crippen LogP contribution in [0, 0.1) is 21.4 Å². The van der Waals surface area contributed by atoms with Crippen molar-refractivity contribution in [1.82, 2.24) is 5.32 Å². The van der Waals surface area contributed by atoms with Crippen LogP contribution in [0.25, 0.3) is 0 Å². The van der Waals surface area contributed by atoms with Gasteiger partial charge in [-0.25, -0.2) is 0 Å². The van der Waals surface area contributed by atoms with Crippen LogP contribution in [0.1, 0.15) is 5.56 Å². The van der Waals surface area contributed by atoms with Gasteiger partial charge in [0.25, 0.3) is 11.6 Å². The van der Waals surface area contributed by atoms with Gasteiger partial charge in [0.15, 0.2) is 0 Å². The highest BCUT2D eigenvalue weighted by atomic mass is 16.6. The molecule has 0 radical (unpaired) electrons. The first-order valence-corrected chi connectivity index (χ1v) is 8.59. The molecule has 0 bridgehead atoms. The number of benzene rings is 2. The Kier molecular flexibility index (Phi) is 7.56. The molecule has 0 atom stereocenters. The van der Waals surface area contributed by atoms with Gasteiger partial charge in [-0.15, -0.1) is 0 Å². The van der Waals surface area contributed by atoms with Crippen LogP contribution in [0.15, 0.2) is 54.2 Å². The maximum atomic E-state index is 12.3. The number of ether oxygens (including phenoxy) is 2. The Labute approximate surface area is 167 Å². The van der Waals surface area contributed by atoms with Crippen molar-refractivity contribution in [3.8, 4) is 17.6 Å². The molecule has 0 spiro atoms. The molecule has 1 amide bonds. The van der Waals surface area contributed by atoms with Crippen LogP contribution in [-0.2, 0) is 11.2 Å². The molecule has 0 saturated heterocycles. The summed E-state index contributed by atoms with van der Waals surface area (Å²) >= 11 is 0. The van der Waals surface area contributed by atoms with Gasteiger partial charge < -0.3 is 20.1 Å². The van der Waals surface area contributed by atoms with Gasteiger partial charge in [0, 0.05) is 18.8 Å². The minimum atomic E-state index is -0.663. The van der Waals surface area contributed by atoms with E-state index >= 15 is 0 Å². The van der Waals surface area contributed by atoms with E-state index in [1.54, 1.807) is 7.11 Å². The number of nitriles is 1. The van der Waals surface area contributed by atoms with Crippen molar-refractivity contribution in [3.63, 3.8) is 0 Å². The van der Waals surface area contributed by atoms with E-state index in [1.807, 2.05) is 30.3 Å². The number of anilines is 1. The van der Waals surface area contributed by atoms with Gasteiger partial charge in [0.2, 0.25) is 0 Å². The van der Waals surface area contributed by atoms with E-state index in [9.17, 15) is 20.2 Å². The number of para-hydroxylation sites is 1. The Morgan fingerprint density at radius 2 is 1.93 bits per heavy atom. The monoisotopic (exact) mass is 396 g/mol. The molecule has 0 aliphatic carbocycles. The Morgan fingerprint density at radius 3 is 2.59 bits per heavy atom. The number of non-ortho nitro benzene ring substituents is 1. The quantitative estimate of drug-likeness (QED) is 0.219. The number of nitrogens with zero attached hydrogens (tertiary/aromatic N) is 2. The summed E-state index contributed by atoms with van der Waals surface area (Å²) in [6.07, 6.45) is 1.96. The number of nitro groups is 1. The first kappa shape index (κ1) is 21.2. The van der Waals surface area contributed by atoms with Crippen molar-refractivity contribution in [2.45, 2.75) is 6.42 Å². The van der Waals surface area contributed by atoms with E-state index in [-0.39, 0.29) is 22.7 Å². The molecule has 0 aromatic heterocycles. The zero-order valence-corrected chi connectivity index (χ0v) is 16.0. The molecule has 2 aromatic carbocycles. The van der Waals surface area contributed by atoms with E-state index < -0.39 is 10.8 Å². The predicted octanol–water partition coefficient (Wildman–Crippen LogP) is 2.79. The second-order valence-electron chi connectivity index (χ2n) is 5.78. The van der Waals surface area contributed by atoms with E-state index in [4.69, 9.17) is 9.47 Å². The largest absolute Gasteiger partial charge is 0.496 e.